The fraction of sp³-hybridized carbons (Fsp3) is 0.217. The van der Waals surface area contributed by atoms with Crippen molar-refractivity contribution in [3.63, 3.8) is 0 Å². The number of aliphatic carboxylic acids is 1. The number of halogens is 1. The molecule has 4 rings (SSSR count). The molecule has 0 saturated carbocycles. The summed E-state index contributed by atoms with van der Waals surface area (Å²) in [5.41, 5.74) is 4.38. The van der Waals surface area contributed by atoms with Crippen LogP contribution in [0.3, 0.4) is 0 Å². The van der Waals surface area contributed by atoms with Gasteiger partial charge < -0.3 is 9.84 Å². The second-order valence-electron chi connectivity index (χ2n) is 6.92. The number of ether oxygens (including phenoxy) is 1. The molecule has 0 bridgehead atoms. The summed E-state index contributed by atoms with van der Waals surface area (Å²) in [6.07, 6.45) is 3.37. The zero-order chi connectivity index (χ0) is 20.4. The van der Waals surface area contributed by atoms with Crippen LogP contribution in [0.1, 0.15) is 28.1 Å². The highest BCUT2D eigenvalue weighted by molar-refractivity contribution is 7.15. The van der Waals surface area contributed by atoms with Gasteiger partial charge in [-0.1, -0.05) is 24.3 Å². The van der Waals surface area contributed by atoms with E-state index >= 15 is 0 Å². The SMILES string of the molecule is Cc1sc(-c2ccccc2F)nc1CCOc1ccc2c(c1)CC=C2CC(=O)O. The second kappa shape index (κ2) is 8.17. The Labute approximate surface area is 172 Å². The van der Waals surface area contributed by atoms with Crippen molar-refractivity contribution in [2.24, 2.45) is 0 Å². The molecule has 0 spiro atoms. The lowest BCUT2D eigenvalue weighted by Gasteiger charge is -2.09. The first-order valence-electron chi connectivity index (χ1n) is 9.39. The number of fused-ring (bicyclic) bond motifs is 1. The van der Waals surface area contributed by atoms with Crippen LogP contribution in [0.5, 0.6) is 5.75 Å². The maximum Gasteiger partial charge on any atom is 0.307 e. The van der Waals surface area contributed by atoms with E-state index in [0.717, 1.165) is 39.4 Å². The van der Waals surface area contributed by atoms with Gasteiger partial charge in [0.15, 0.2) is 0 Å². The van der Waals surface area contributed by atoms with Crippen molar-refractivity contribution in [3.05, 3.63) is 76.1 Å². The van der Waals surface area contributed by atoms with E-state index in [9.17, 15) is 9.18 Å². The largest absolute Gasteiger partial charge is 0.493 e. The van der Waals surface area contributed by atoms with Crippen molar-refractivity contribution in [2.45, 2.75) is 26.2 Å². The van der Waals surface area contributed by atoms with E-state index in [2.05, 4.69) is 4.98 Å². The molecule has 0 atom stereocenters. The first-order chi connectivity index (χ1) is 14.0. The number of rotatable bonds is 7. The first kappa shape index (κ1) is 19.3. The Morgan fingerprint density at radius 3 is 2.86 bits per heavy atom. The van der Waals surface area contributed by atoms with Crippen molar-refractivity contribution in [1.82, 2.24) is 4.98 Å². The third-order valence-corrected chi connectivity index (χ3v) is 5.98. The number of hydrogen-bond acceptors (Lipinski definition) is 4. The van der Waals surface area contributed by atoms with Crippen LogP contribution < -0.4 is 4.74 Å². The number of aryl methyl sites for hydroxylation is 1. The van der Waals surface area contributed by atoms with Gasteiger partial charge in [0.2, 0.25) is 0 Å². The van der Waals surface area contributed by atoms with Gasteiger partial charge in [0, 0.05) is 16.9 Å². The summed E-state index contributed by atoms with van der Waals surface area (Å²) in [7, 11) is 0. The molecule has 0 aliphatic heterocycles. The maximum absolute atomic E-state index is 14.0. The van der Waals surface area contributed by atoms with Crippen LogP contribution in [0.4, 0.5) is 4.39 Å². The molecule has 0 radical (unpaired) electrons. The molecule has 29 heavy (non-hydrogen) atoms. The van der Waals surface area contributed by atoms with Crippen LogP contribution in [0.2, 0.25) is 0 Å². The number of nitrogens with zero attached hydrogens (tertiary/aromatic N) is 1. The average molecular weight is 409 g/mol. The van der Waals surface area contributed by atoms with Gasteiger partial charge in [0.25, 0.3) is 0 Å². The summed E-state index contributed by atoms with van der Waals surface area (Å²) in [6.45, 7) is 2.46. The minimum Gasteiger partial charge on any atom is -0.493 e. The van der Waals surface area contributed by atoms with Crippen LogP contribution in [0.15, 0.2) is 48.5 Å². The highest BCUT2D eigenvalue weighted by atomic mass is 32.1. The smallest absolute Gasteiger partial charge is 0.307 e. The van der Waals surface area contributed by atoms with E-state index in [1.165, 1.54) is 17.4 Å². The normalized spacial score (nSPS) is 12.6. The molecule has 0 amide bonds. The van der Waals surface area contributed by atoms with Crippen molar-refractivity contribution < 1.29 is 19.0 Å². The standard InChI is InChI=1S/C23H20FNO3S/c1-14-21(25-23(29-14)19-4-2-3-5-20(19)24)10-11-28-17-8-9-18-15(12-17)6-7-16(18)13-22(26)27/h2-5,7-9,12H,6,10-11,13H2,1H3,(H,26,27). The Morgan fingerprint density at radius 1 is 1.24 bits per heavy atom. The highest BCUT2D eigenvalue weighted by Crippen LogP contribution is 2.33. The van der Waals surface area contributed by atoms with Crippen LogP contribution in [0, 0.1) is 12.7 Å². The molecule has 0 saturated heterocycles. The van der Waals surface area contributed by atoms with E-state index in [1.54, 1.807) is 12.1 Å². The number of carboxylic acids is 1. The Balaban J connectivity index is 1.39. The number of allylic oxidation sites excluding steroid dienone is 1. The summed E-state index contributed by atoms with van der Waals surface area (Å²) in [4.78, 5) is 16.6. The third kappa shape index (κ3) is 4.22. The van der Waals surface area contributed by atoms with Crippen LogP contribution in [-0.2, 0) is 17.6 Å². The Kier molecular flexibility index (Phi) is 5.45. The molecule has 1 aliphatic carbocycles. The molecule has 4 nitrogen and oxygen atoms in total. The molecule has 148 valence electrons. The number of carbonyl (C=O) groups is 1. The topological polar surface area (TPSA) is 59.4 Å². The average Bonchev–Trinajstić information content (AvgIpc) is 3.25. The molecule has 2 aromatic carbocycles. The number of carboxylic acid groups (broad SMARTS) is 1. The summed E-state index contributed by atoms with van der Waals surface area (Å²) in [5.74, 6) is -0.327. The second-order valence-corrected chi connectivity index (χ2v) is 8.13. The van der Waals surface area contributed by atoms with Crippen molar-refractivity contribution in [3.8, 4) is 16.3 Å². The third-order valence-electron chi connectivity index (χ3n) is 4.94. The van der Waals surface area contributed by atoms with E-state index in [1.807, 2.05) is 37.3 Å². The minimum absolute atomic E-state index is 0.0423. The minimum atomic E-state index is -0.821. The van der Waals surface area contributed by atoms with Gasteiger partial charge in [-0.05, 0) is 54.3 Å². The fourth-order valence-corrected chi connectivity index (χ4v) is 4.48. The van der Waals surface area contributed by atoms with Crippen LogP contribution in [0.25, 0.3) is 16.1 Å². The monoisotopic (exact) mass is 409 g/mol. The van der Waals surface area contributed by atoms with Gasteiger partial charge in [-0.3, -0.25) is 4.79 Å². The van der Waals surface area contributed by atoms with Crippen LogP contribution in [-0.4, -0.2) is 22.7 Å². The van der Waals surface area contributed by atoms with Crippen molar-refractivity contribution >= 4 is 22.9 Å². The lowest BCUT2D eigenvalue weighted by Crippen LogP contribution is -2.03. The summed E-state index contributed by atoms with van der Waals surface area (Å²) >= 11 is 1.49. The summed E-state index contributed by atoms with van der Waals surface area (Å²) < 4.78 is 19.9. The first-order valence-corrected chi connectivity index (χ1v) is 10.2. The van der Waals surface area contributed by atoms with Gasteiger partial charge in [0.1, 0.15) is 16.6 Å². The Hall–Kier alpha value is -2.99. The van der Waals surface area contributed by atoms with Crippen LogP contribution >= 0.6 is 11.3 Å². The zero-order valence-corrected chi connectivity index (χ0v) is 16.8. The molecule has 3 aromatic rings. The molecule has 1 aliphatic rings. The lowest BCUT2D eigenvalue weighted by atomic mass is 10.0. The number of thiazole rings is 1. The summed E-state index contributed by atoms with van der Waals surface area (Å²) in [5, 5.41) is 9.68. The molecular formula is C23H20FNO3S. The zero-order valence-electron chi connectivity index (χ0n) is 15.9. The molecule has 0 fully saturated rings. The molecule has 1 N–H and O–H groups in total. The highest BCUT2D eigenvalue weighted by Gasteiger charge is 2.17. The molecule has 0 unspecified atom stereocenters. The van der Waals surface area contributed by atoms with Crippen molar-refractivity contribution in [2.75, 3.05) is 6.61 Å². The Bertz CT molecular complexity index is 1100. The lowest BCUT2D eigenvalue weighted by molar-refractivity contribution is -0.135. The van der Waals surface area contributed by atoms with E-state index in [-0.39, 0.29) is 12.2 Å². The maximum atomic E-state index is 14.0. The van der Waals surface area contributed by atoms with Gasteiger partial charge in [-0.15, -0.1) is 11.3 Å². The van der Waals surface area contributed by atoms with E-state index in [4.69, 9.17) is 9.84 Å². The predicted octanol–water partition coefficient (Wildman–Crippen LogP) is 5.29. The fourth-order valence-electron chi connectivity index (χ4n) is 3.49. The quantitative estimate of drug-likeness (QED) is 0.576. The van der Waals surface area contributed by atoms with Gasteiger partial charge in [-0.2, -0.15) is 0 Å². The molecule has 6 heteroatoms. The van der Waals surface area contributed by atoms with Gasteiger partial charge in [0.05, 0.1) is 18.7 Å². The van der Waals surface area contributed by atoms with E-state index in [0.29, 0.717) is 23.6 Å². The van der Waals surface area contributed by atoms with E-state index < -0.39 is 5.97 Å². The number of hydrogen-bond donors (Lipinski definition) is 1. The van der Waals surface area contributed by atoms with Gasteiger partial charge >= 0.3 is 5.97 Å². The van der Waals surface area contributed by atoms with Gasteiger partial charge in [-0.25, -0.2) is 9.37 Å². The number of benzene rings is 2. The molecule has 1 aromatic heterocycles. The Morgan fingerprint density at radius 2 is 2.07 bits per heavy atom. The summed E-state index contributed by atoms with van der Waals surface area (Å²) in [6, 6.07) is 12.4. The predicted molar refractivity (Wildman–Crippen MR) is 112 cm³/mol. The number of aromatic nitrogens is 1. The van der Waals surface area contributed by atoms with Crippen molar-refractivity contribution in [1.29, 1.82) is 0 Å². The molecule has 1 heterocycles. The molecular weight excluding hydrogens is 389 g/mol.